The molecule has 28 heavy (non-hydrogen) atoms. The third-order valence-electron chi connectivity index (χ3n) is 4.87. The summed E-state index contributed by atoms with van der Waals surface area (Å²) in [5, 5.41) is 6.63. The number of hydrogen-bond donors (Lipinski definition) is 2. The van der Waals surface area contributed by atoms with E-state index in [2.05, 4.69) is 10.6 Å². The van der Waals surface area contributed by atoms with Gasteiger partial charge in [0.15, 0.2) is 0 Å². The van der Waals surface area contributed by atoms with Crippen molar-refractivity contribution >= 4 is 10.2 Å². The molecule has 0 radical (unpaired) electrons. The van der Waals surface area contributed by atoms with Crippen LogP contribution in [0.2, 0.25) is 0 Å². The van der Waals surface area contributed by atoms with Crippen molar-refractivity contribution in [2.24, 2.45) is 0 Å². The van der Waals surface area contributed by atoms with Crippen molar-refractivity contribution in [1.82, 2.24) is 10.6 Å². The fourth-order valence-electron chi connectivity index (χ4n) is 3.49. The Balaban J connectivity index is 1.83. The van der Waals surface area contributed by atoms with Gasteiger partial charge in [-0.2, -0.15) is 0 Å². The zero-order valence-corrected chi connectivity index (χ0v) is 16.1. The minimum Gasteiger partial charge on any atom is -0.496 e. The van der Waals surface area contributed by atoms with E-state index in [-0.39, 0.29) is 29.9 Å². The molecule has 0 saturated carbocycles. The van der Waals surface area contributed by atoms with Gasteiger partial charge in [-0.1, -0.05) is 49.8 Å². The Kier molecular flexibility index (Phi) is 5.14. The maximum Gasteiger partial charge on any atom is 0.310 e. The van der Waals surface area contributed by atoms with Gasteiger partial charge in [0, 0.05) is 24.2 Å². The molecule has 0 spiro atoms. The van der Waals surface area contributed by atoms with Crippen LogP contribution in [-0.2, 0) is 6.54 Å². The lowest BCUT2D eigenvalue weighted by Gasteiger charge is -2.41. The van der Waals surface area contributed by atoms with E-state index in [4.69, 9.17) is 4.74 Å². The summed E-state index contributed by atoms with van der Waals surface area (Å²) in [7, 11) is -8.45. The van der Waals surface area contributed by atoms with Gasteiger partial charge in [-0.05, 0) is 43.1 Å². The van der Waals surface area contributed by atoms with Crippen molar-refractivity contribution in [2.75, 3.05) is 13.7 Å². The fourth-order valence-corrected chi connectivity index (χ4v) is 4.18. The summed E-state index contributed by atoms with van der Waals surface area (Å²) in [5.41, 5.74) is 1.11. The Labute approximate surface area is 161 Å². The molecule has 2 N–H and O–H groups in total. The Morgan fingerprint density at radius 3 is 2.43 bits per heavy atom. The van der Waals surface area contributed by atoms with Gasteiger partial charge in [0.2, 0.25) is 0 Å². The molecule has 2 aromatic rings. The molecule has 156 valence electrons. The van der Waals surface area contributed by atoms with Crippen LogP contribution in [0.5, 0.6) is 5.75 Å². The first-order chi connectivity index (χ1) is 13.0. The second kappa shape index (κ2) is 6.89. The van der Waals surface area contributed by atoms with E-state index in [9.17, 15) is 19.4 Å². The average molecular weight is 422 g/mol. The van der Waals surface area contributed by atoms with Crippen LogP contribution in [0.1, 0.15) is 30.0 Å². The predicted molar refractivity (Wildman–Crippen MR) is 101 cm³/mol. The molecule has 1 saturated heterocycles. The molecule has 1 aliphatic heterocycles. The largest absolute Gasteiger partial charge is 0.496 e. The van der Waals surface area contributed by atoms with Crippen LogP contribution >= 0.6 is 10.2 Å². The van der Waals surface area contributed by atoms with Crippen molar-refractivity contribution in [1.29, 1.82) is 0 Å². The Bertz CT molecular complexity index is 830. The highest BCUT2D eigenvalue weighted by molar-refractivity contribution is 8.45. The molecule has 9 heteroatoms. The van der Waals surface area contributed by atoms with Crippen molar-refractivity contribution in [3.05, 3.63) is 59.7 Å². The van der Waals surface area contributed by atoms with Crippen molar-refractivity contribution < 1.29 is 24.2 Å². The molecule has 1 aliphatic rings. The fraction of sp³-hybridized carbons (Fsp3) is 0.368. The number of halogens is 5. The van der Waals surface area contributed by atoms with Gasteiger partial charge in [-0.25, -0.2) is 0 Å². The minimum atomic E-state index is -9.75. The third-order valence-corrected chi connectivity index (χ3v) is 6.01. The molecule has 1 heterocycles. The van der Waals surface area contributed by atoms with E-state index < -0.39 is 15.1 Å². The summed E-state index contributed by atoms with van der Waals surface area (Å²) in [5.74, 6) is 0.137. The number of rotatable bonds is 6. The van der Waals surface area contributed by atoms with Gasteiger partial charge in [-0.15, -0.1) is 0 Å². The smallest absolute Gasteiger partial charge is 0.310 e. The maximum atomic E-state index is 13.2. The first-order valence-electron chi connectivity index (χ1n) is 8.90. The molecule has 2 atom stereocenters. The predicted octanol–water partition coefficient (Wildman–Crippen LogP) is 5.94. The molecule has 0 aromatic heterocycles. The molecule has 0 unspecified atom stereocenters. The first-order valence-corrected chi connectivity index (χ1v) is 10.9. The summed E-state index contributed by atoms with van der Waals surface area (Å²) in [6.07, 6.45) is 1.72. The zero-order valence-electron chi connectivity index (χ0n) is 15.3. The van der Waals surface area contributed by atoms with Gasteiger partial charge in [0.1, 0.15) is 10.6 Å². The molecule has 3 rings (SSSR count). The minimum absolute atomic E-state index is 0.0134. The summed E-state index contributed by atoms with van der Waals surface area (Å²) in [6, 6.07) is 11.4. The van der Waals surface area contributed by atoms with Gasteiger partial charge in [0.05, 0.1) is 7.11 Å². The number of nitrogens with one attached hydrogen (secondary N) is 2. The second-order valence-electron chi connectivity index (χ2n) is 6.91. The first kappa shape index (κ1) is 20.9. The average Bonchev–Trinajstić information content (AvgIpc) is 2.65. The van der Waals surface area contributed by atoms with Crippen LogP contribution in [0.3, 0.4) is 0 Å². The molecule has 0 aliphatic carbocycles. The molecule has 0 amide bonds. The number of hydrogen-bond acceptors (Lipinski definition) is 3. The van der Waals surface area contributed by atoms with Crippen molar-refractivity contribution in [3.63, 3.8) is 0 Å². The second-order valence-corrected chi connectivity index (χ2v) is 9.32. The molecule has 2 aromatic carbocycles. The van der Waals surface area contributed by atoms with E-state index in [1.807, 2.05) is 30.3 Å². The zero-order chi connectivity index (χ0) is 20.5. The van der Waals surface area contributed by atoms with E-state index in [0.717, 1.165) is 31.0 Å². The SMILES string of the molecule is COc1ccc(S(F)(F)(F)(F)F)cc1CN[C@H]1CCCN[C@H]1c1ccccc1. The molecular weight excluding hydrogens is 399 g/mol. The van der Waals surface area contributed by atoms with Crippen molar-refractivity contribution in [2.45, 2.75) is 36.4 Å². The van der Waals surface area contributed by atoms with Crippen LogP contribution in [0.15, 0.2) is 53.4 Å². The topological polar surface area (TPSA) is 33.3 Å². The summed E-state index contributed by atoms with van der Waals surface area (Å²) >= 11 is 0. The van der Waals surface area contributed by atoms with Gasteiger partial charge in [0.25, 0.3) is 0 Å². The van der Waals surface area contributed by atoms with Crippen LogP contribution < -0.4 is 15.4 Å². The van der Waals surface area contributed by atoms with E-state index in [0.29, 0.717) is 12.1 Å². The monoisotopic (exact) mass is 422 g/mol. The highest BCUT2D eigenvalue weighted by Gasteiger charge is 2.65. The lowest BCUT2D eigenvalue weighted by molar-refractivity contribution is 0.302. The molecular formula is C19H23F5N2OS. The van der Waals surface area contributed by atoms with Crippen LogP contribution in [0.25, 0.3) is 0 Å². The number of benzene rings is 2. The third kappa shape index (κ3) is 4.95. The van der Waals surface area contributed by atoms with Gasteiger partial charge in [-0.3, -0.25) is 0 Å². The normalized spacial score (nSPS) is 22.9. The lowest BCUT2D eigenvalue weighted by Crippen LogP contribution is -2.45. The summed E-state index contributed by atoms with van der Waals surface area (Å²) < 4.78 is 70.9. The van der Waals surface area contributed by atoms with E-state index in [1.54, 1.807) is 0 Å². The lowest BCUT2D eigenvalue weighted by atomic mass is 9.92. The Hall–Kier alpha value is -1.84. The number of methoxy groups -OCH3 is 1. The van der Waals surface area contributed by atoms with Crippen molar-refractivity contribution in [3.8, 4) is 5.75 Å². The Morgan fingerprint density at radius 1 is 1.07 bits per heavy atom. The van der Waals surface area contributed by atoms with Crippen LogP contribution in [0, 0.1) is 0 Å². The van der Waals surface area contributed by atoms with Crippen LogP contribution in [0.4, 0.5) is 19.4 Å². The standard InChI is InChI=1S/C19H23F5N2OS/c1-27-18-10-9-16(28(20,21,22,23)24)12-15(18)13-26-17-8-5-11-25-19(17)14-6-3-2-4-7-14/h2-4,6-7,9-10,12,17,19,25-26H,5,8,11,13H2,1H3/t17-,19-/m0/s1. The number of ether oxygens (including phenoxy) is 1. The molecule has 3 nitrogen and oxygen atoms in total. The van der Waals surface area contributed by atoms with Gasteiger partial charge >= 0.3 is 10.2 Å². The highest BCUT2D eigenvalue weighted by atomic mass is 32.5. The summed E-state index contributed by atoms with van der Waals surface area (Å²) in [4.78, 5) is -1.90. The van der Waals surface area contributed by atoms with Crippen LogP contribution in [-0.4, -0.2) is 19.7 Å². The molecule has 1 fully saturated rings. The molecule has 0 bridgehead atoms. The van der Waals surface area contributed by atoms with E-state index in [1.165, 1.54) is 7.11 Å². The highest BCUT2D eigenvalue weighted by Crippen LogP contribution is 3.02. The quantitative estimate of drug-likeness (QED) is 0.566. The Morgan fingerprint density at radius 2 is 1.79 bits per heavy atom. The van der Waals surface area contributed by atoms with Gasteiger partial charge < -0.3 is 15.4 Å². The maximum absolute atomic E-state index is 13.2. The number of piperidine rings is 1. The summed E-state index contributed by atoms with van der Waals surface area (Å²) in [6.45, 7) is 0.821. The van der Waals surface area contributed by atoms with E-state index >= 15 is 0 Å².